The SMILES string of the molecule is Cc1nc(C)c(C(=O)NCCCN2CCCCCC2=O)s1. The Morgan fingerprint density at radius 3 is 2.86 bits per heavy atom. The molecular formula is C15H23N3O2S. The molecule has 0 unspecified atom stereocenters. The molecule has 116 valence electrons. The summed E-state index contributed by atoms with van der Waals surface area (Å²) in [6, 6.07) is 0. The molecule has 1 aromatic heterocycles. The summed E-state index contributed by atoms with van der Waals surface area (Å²) < 4.78 is 0. The Morgan fingerprint density at radius 1 is 1.33 bits per heavy atom. The Labute approximate surface area is 129 Å². The molecule has 5 nitrogen and oxygen atoms in total. The minimum atomic E-state index is -0.0553. The zero-order chi connectivity index (χ0) is 15.2. The van der Waals surface area contributed by atoms with Gasteiger partial charge in [-0.3, -0.25) is 9.59 Å². The Kier molecular flexibility index (Phi) is 5.73. The highest BCUT2D eigenvalue weighted by Crippen LogP contribution is 2.16. The van der Waals surface area contributed by atoms with Crippen LogP contribution in [0.15, 0.2) is 0 Å². The Morgan fingerprint density at radius 2 is 2.14 bits per heavy atom. The summed E-state index contributed by atoms with van der Waals surface area (Å²) in [7, 11) is 0. The van der Waals surface area contributed by atoms with Gasteiger partial charge in [-0.25, -0.2) is 4.98 Å². The normalized spacial score (nSPS) is 15.9. The fourth-order valence-electron chi connectivity index (χ4n) is 2.57. The Bertz CT molecular complexity index is 513. The predicted molar refractivity (Wildman–Crippen MR) is 83.6 cm³/mol. The van der Waals surface area contributed by atoms with E-state index in [0.29, 0.717) is 17.8 Å². The number of hydrogen-bond acceptors (Lipinski definition) is 4. The van der Waals surface area contributed by atoms with E-state index in [4.69, 9.17) is 0 Å². The highest BCUT2D eigenvalue weighted by molar-refractivity contribution is 7.13. The first-order valence-electron chi connectivity index (χ1n) is 7.58. The zero-order valence-corrected chi connectivity index (χ0v) is 13.6. The number of rotatable bonds is 5. The zero-order valence-electron chi connectivity index (χ0n) is 12.8. The van der Waals surface area contributed by atoms with Crippen molar-refractivity contribution in [2.24, 2.45) is 0 Å². The van der Waals surface area contributed by atoms with E-state index in [9.17, 15) is 9.59 Å². The van der Waals surface area contributed by atoms with Crippen LogP contribution >= 0.6 is 11.3 Å². The molecule has 1 aromatic rings. The van der Waals surface area contributed by atoms with Crippen molar-refractivity contribution in [3.8, 4) is 0 Å². The molecule has 21 heavy (non-hydrogen) atoms. The molecule has 1 fully saturated rings. The first kappa shape index (κ1) is 15.9. The molecule has 2 heterocycles. The van der Waals surface area contributed by atoms with E-state index in [2.05, 4.69) is 10.3 Å². The van der Waals surface area contributed by atoms with Crippen LogP contribution in [0.4, 0.5) is 0 Å². The van der Waals surface area contributed by atoms with E-state index in [1.807, 2.05) is 18.7 Å². The van der Waals surface area contributed by atoms with Crippen molar-refractivity contribution in [1.82, 2.24) is 15.2 Å². The quantitative estimate of drug-likeness (QED) is 0.849. The molecule has 0 aromatic carbocycles. The maximum atomic E-state index is 12.0. The van der Waals surface area contributed by atoms with Gasteiger partial charge in [-0.15, -0.1) is 11.3 Å². The van der Waals surface area contributed by atoms with Crippen LogP contribution in [0, 0.1) is 13.8 Å². The predicted octanol–water partition coefficient (Wildman–Crippen LogP) is 2.28. The molecule has 6 heteroatoms. The van der Waals surface area contributed by atoms with Crippen molar-refractivity contribution >= 4 is 23.2 Å². The van der Waals surface area contributed by atoms with E-state index in [0.717, 1.165) is 49.5 Å². The van der Waals surface area contributed by atoms with Crippen LogP contribution in [0.5, 0.6) is 0 Å². The minimum absolute atomic E-state index is 0.0553. The van der Waals surface area contributed by atoms with Crippen molar-refractivity contribution in [2.75, 3.05) is 19.6 Å². The average Bonchev–Trinajstić information content (AvgIpc) is 2.65. The molecule has 0 spiro atoms. The summed E-state index contributed by atoms with van der Waals surface area (Å²) in [5, 5.41) is 3.83. The van der Waals surface area contributed by atoms with Crippen molar-refractivity contribution in [3.63, 3.8) is 0 Å². The minimum Gasteiger partial charge on any atom is -0.351 e. The van der Waals surface area contributed by atoms with E-state index in [1.165, 1.54) is 11.3 Å². The molecule has 1 aliphatic rings. The van der Waals surface area contributed by atoms with Crippen molar-refractivity contribution in [1.29, 1.82) is 0 Å². The molecule has 2 amide bonds. The fourth-order valence-corrected chi connectivity index (χ4v) is 3.41. The van der Waals surface area contributed by atoms with Crippen molar-refractivity contribution in [2.45, 2.75) is 46.0 Å². The average molecular weight is 309 g/mol. The monoisotopic (exact) mass is 309 g/mol. The van der Waals surface area contributed by atoms with Crippen LogP contribution in [0.2, 0.25) is 0 Å². The summed E-state index contributed by atoms with van der Waals surface area (Å²) in [4.78, 5) is 30.8. The second kappa shape index (κ2) is 7.54. The van der Waals surface area contributed by atoms with E-state index < -0.39 is 0 Å². The third-order valence-corrected chi connectivity index (χ3v) is 4.74. The summed E-state index contributed by atoms with van der Waals surface area (Å²) >= 11 is 1.42. The number of nitrogens with one attached hydrogen (secondary N) is 1. The topological polar surface area (TPSA) is 62.3 Å². The standard InChI is InChI=1S/C15H23N3O2S/c1-11-14(21-12(2)17-11)15(20)16-8-6-10-18-9-5-3-4-7-13(18)19/h3-10H2,1-2H3,(H,16,20). The number of carbonyl (C=O) groups excluding carboxylic acids is 2. The smallest absolute Gasteiger partial charge is 0.263 e. The second-order valence-electron chi connectivity index (χ2n) is 5.45. The van der Waals surface area contributed by atoms with Gasteiger partial charge in [0.1, 0.15) is 4.88 Å². The molecule has 2 rings (SSSR count). The Balaban J connectivity index is 1.73. The van der Waals surface area contributed by atoms with Crippen molar-refractivity contribution < 1.29 is 9.59 Å². The molecular weight excluding hydrogens is 286 g/mol. The summed E-state index contributed by atoms with van der Waals surface area (Å²) in [6.45, 7) is 5.95. The highest BCUT2D eigenvalue weighted by Gasteiger charge is 2.16. The molecule has 1 aliphatic heterocycles. The molecule has 0 radical (unpaired) electrons. The largest absolute Gasteiger partial charge is 0.351 e. The van der Waals surface area contributed by atoms with Crippen LogP contribution in [0.3, 0.4) is 0 Å². The van der Waals surface area contributed by atoms with Gasteiger partial charge in [0.05, 0.1) is 10.7 Å². The summed E-state index contributed by atoms with van der Waals surface area (Å²) in [6.07, 6.45) is 4.72. The molecule has 0 bridgehead atoms. The second-order valence-corrected chi connectivity index (χ2v) is 6.65. The fraction of sp³-hybridized carbons (Fsp3) is 0.667. The first-order valence-corrected chi connectivity index (χ1v) is 8.39. The third-order valence-electron chi connectivity index (χ3n) is 3.67. The lowest BCUT2D eigenvalue weighted by molar-refractivity contribution is -0.130. The van der Waals surface area contributed by atoms with Crippen LogP contribution in [-0.4, -0.2) is 41.3 Å². The number of likely N-dealkylation sites (tertiary alicyclic amines) is 1. The van der Waals surface area contributed by atoms with Gasteiger partial charge in [-0.1, -0.05) is 6.42 Å². The molecule has 1 saturated heterocycles. The number of thiazole rings is 1. The van der Waals surface area contributed by atoms with Gasteiger partial charge in [-0.2, -0.15) is 0 Å². The molecule has 1 N–H and O–H groups in total. The van der Waals surface area contributed by atoms with Crippen LogP contribution in [0.1, 0.15) is 52.5 Å². The maximum absolute atomic E-state index is 12.0. The lowest BCUT2D eigenvalue weighted by Gasteiger charge is -2.20. The van der Waals surface area contributed by atoms with Crippen LogP contribution in [-0.2, 0) is 4.79 Å². The Hall–Kier alpha value is -1.43. The van der Waals surface area contributed by atoms with E-state index in [1.54, 1.807) is 0 Å². The van der Waals surface area contributed by atoms with Gasteiger partial charge in [0.15, 0.2) is 0 Å². The van der Waals surface area contributed by atoms with Crippen molar-refractivity contribution in [3.05, 3.63) is 15.6 Å². The lowest BCUT2D eigenvalue weighted by atomic mass is 10.2. The highest BCUT2D eigenvalue weighted by atomic mass is 32.1. The van der Waals surface area contributed by atoms with Gasteiger partial charge in [-0.05, 0) is 33.1 Å². The van der Waals surface area contributed by atoms with Gasteiger partial charge in [0.25, 0.3) is 5.91 Å². The lowest BCUT2D eigenvalue weighted by Crippen LogP contribution is -2.33. The summed E-state index contributed by atoms with van der Waals surface area (Å²) in [5.74, 6) is 0.202. The maximum Gasteiger partial charge on any atom is 0.263 e. The number of aryl methyl sites for hydroxylation is 2. The number of amides is 2. The van der Waals surface area contributed by atoms with Gasteiger partial charge < -0.3 is 10.2 Å². The van der Waals surface area contributed by atoms with E-state index in [-0.39, 0.29) is 11.8 Å². The van der Waals surface area contributed by atoms with Gasteiger partial charge in [0.2, 0.25) is 5.91 Å². The van der Waals surface area contributed by atoms with E-state index >= 15 is 0 Å². The van der Waals surface area contributed by atoms with Gasteiger partial charge in [0, 0.05) is 26.1 Å². The molecule has 0 atom stereocenters. The molecule has 0 aliphatic carbocycles. The van der Waals surface area contributed by atoms with Crippen LogP contribution < -0.4 is 5.32 Å². The number of carbonyl (C=O) groups is 2. The molecule has 0 saturated carbocycles. The number of nitrogens with zero attached hydrogens (tertiary/aromatic N) is 2. The van der Waals surface area contributed by atoms with Crippen LogP contribution in [0.25, 0.3) is 0 Å². The third kappa shape index (κ3) is 4.52. The summed E-state index contributed by atoms with van der Waals surface area (Å²) in [5.41, 5.74) is 0.790. The first-order chi connectivity index (χ1) is 10.1. The number of hydrogen-bond donors (Lipinski definition) is 1. The number of aromatic nitrogens is 1. The van der Waals surface area contributed by atoms with Gasteiger partial charge >= 0.3 is 0 Å².